The molecule has 14 N–H and O–H groups in total. The molecule has 1 heterocycles. The Morgan fingerprint density at radius 2 is 1.42 bits per heavy atom. The van der Waals surface area contributed by atoms with Gasteiger partial charge in [-0.05, 0) is 39.2 Å². The van der Waals surface area contributed by atoms with E-state index in [0.29, 0.717) is 11.3 Å². The predicted molar refractivity (Wildman–Crippen MR) is 181 cm³/mol. The lowest BCUT2D eigenvalue weighted by atomic mass is 10.0. The molecule has 0 aliphatic heterocycles. The molecule has 50 heavy (non-hydrogen) atoms. The highest BCUT2D eigenvalue weighted by molar-refractivity contribution is 5.96. The molecule has 5 amide bonds. The van der Waals surface area contributed by atoms with E-state index in [9.17, 15) is 39.0 Å². The van der Waals surface area contributed by atoms with Crippen LogP contribution in [0.3, 0.4) is 0 Å². The topological polar surface area (TPSA) is 322 Å². The van der Waals surface area contributed by atoms with Gasteiger partial charge in [-0.2, -0.15) is 0 Å². The van der Waals surface area contributed by atoms with Crippen LogP contribution < -0.4 is 43.8 Å². The molecule has 0 saturated carbocycles. The van der Waals surface area contributed by atoms with E-state index < -0.39 is 77.9 Å². The second-order valence-electron chi connectivity index (χ2n) is 11.7. The molecule has 274 valence electrons. The summed E-state index contributed by atoms with van der Waals surface area (Å²) in [5, 5.41) is 32.2. The smallest absolute Gasteiger partial charge is 0.326 e. The Morgan fingerprint density at radius 1 is 0.820 bits per heavy atom. The van der Waals surface area contributed by atoms with Crippen LogP contribution in [0, 0.1) is 0 Å². The Hall–Kier alpha value is -5.56. The van der Waals surface area contributed by atoms with Crippen LogP contribution in [-0.4, -0.2) is 111 Å². The number of benzene rings is 1. The third-order valence-electron chi connectivity index (χ3n) is 7.37. The van der Waals surface area contributed by atoms with Crippen molar-refractivity contribution < 1.29 is 39.0 Å². The molecule has 0 aliphatic carbocycles. The number of nitrogens with one attached hydrogen (secondary N) is 6. The van der Waals surface area contributed by atoms with Gasteiger partial charge in [0, 0.05) is 31.3 Å². The summed E-state index contributed by atoms with van der Waals surface area (Å²) in [7, 11) is 0. The van der Waals surface area contributed by atoms with Gasteiger partial charge in [-0.1, -0.05) is 30.3 Å². The molecule has 2 aromatic rings. The quantitative estimate of drug-likeness (QED) is 0.0364. The average Bonchev–Trinajstić information content (AvgIpc) is 3.57. The first-order valence-electron chi connectivity index (χ1n) is 15.8. The number of aliphatic imine (C=N–C) groups is 1. The van der Waals surface area contributed by atoms with E-state index in [-0.39, 0.29) is 38.2 Å². The van der Waals surface area contributed by atoms with Gasteiger partial charge in [-0.15, -0.1) is 0 Å². The number of aliphatic hydroxyl groups is 1. The number of amides is 5. The number of aromatic amines is 1. The SMILES string of the molecule is C[C@H](NC(=O)[C@H](C)NC(=O)[C@@H](N)Cc1cnc[nH]1)C(=O)N[C@@H](CCCN=C(N)N)C(=O)N[C@H](C(=O)N[C@@H](Cc1ccccc1)C(=O)O)[C@@H](C)O. The Balaban J connectivity index is 2.08. The van der Waals surface area contributed by atoms with E-state index in [2.05, 4.69) is 41.5 Å². The lowest BCUT2D eigenvalue weighted by Gasteiger charge is -2.27. The molecule has 0 spiro atoms. The van der Waals surface area contributed by atoms with E-state index in [0.717, 1.165) is 0 Å². The largest absolute Gasteiger partial charge is 0.480 e. The van der Waals surface area contributed by atoms with Gasteiger partial charge < -0.3 is 59.0 Å². The highest BCUT2D eigenvalue weighted by Crippen LogP contribution is 2.07. The first-order chi connectivity index (χ1) is 23.6. The van der Waals surface area contributed by atoms with Crippen molar-refractivity contribution in [3.05, 3.63) is 54.1 Å². The number of H-pyrrole nitrogens is 1. The minimum absolute atomic E-state index is 0.0321. The van der Waals surface area contributed by atoms with Crippen LogP contribution in [0.2, 0.25) is 0 Å². The number of carbonyl (C=O) groups is 6. The van der Waals surface area contributed by atoms with Crippen molar-refractivity contribution in [1.29, 1.82) is 0 Å². The third kappa shape index (κ3) is 13.9. The van der Waals surface area contributed by atoms with Gasteiger partial charge in [0.15, 0.2) is 5.96 Å². The fourth-order valence-corrected chi connectivity index (χ4v) is 4.56. The Labute approximate surface area is 288 Å². The van der Waals surface area contributed by atoms with Gasteiger partial charge >= 0.3 is 5.97 Å². The van der Waals surface area contributed by atoms with Crippen molar-refractivity contribution in [2.24, 2.45) is 22.2 Å². The second kappa shape index (κ2) is 20.1. The molecule has 1 aromatic carbocycles. The summed E-state index contributed by atoms with van der Waals surface area (Å²) < 4.78 is 0. The van der Waals surface area contributed by atoms with Crippen LogP contribution in [0.25, 0.3) is 0 Å². The molecule has 0 unspecified atom stereocenters. The number of hydrogen-bond acceptors (Lipinski definition) is 10. The molecule has 19 heteroatoms. The molecule has 0 saturated heterocycles. The highest BCUT2D eigenvalue weighted by Gasteiger charge is 2.33. The van der Waals surface area contributed by atoms with E-state index in [4.69, 9.17) is 17.2 Å². The lowest BCUT2D eigenvalue weighted by Crippen LogP contribution is -2.60. The van der Waals surface area contributed by atoms with E-state index >= 15 is 0 Å². The van der Waals surface area contributed by atoms with E-state index in [1.165, 1.54) is 33.3 Å². The van der Waals surface area contributed by atoms with Crippen molar-refractivity contribution >= 4 is 41.5 Å². The number of aliphatic hydroxyl groups excluding tert-OH is 1. The number of aliphatic carboxylic acids is 1. The summed E-state index contributed by atoms with van der Waals surface area (Å²) in [5.41, 5.74) is 17.9. The minimum atomic E-state index is -1.60. The number of rotatable bonds is 20. The van der Waals surface area contributed by atoms with Crippen molar-refractivity contribution in [1.82, 2.24) is 36.6 Å². The van der Waals surface area contributed by atoms with Crippen molar-refractivity contribution in [3.63, 3.8) is 0 Å². The van der Waals surface area contributed by atoms with Crippen LogP contribution in [0.5, 0.6) is 0 Å². The van der Waals surface area contributed by atoms with Gasteiger partial charge in [-0.3, -0.25) is 29.0 Å². The maximum Gasteiger partial charge on any atom is 0.326 e. The van der Waals surface area contributed by atoms with Crippen LogP contribution in [0.4, 0.5) is 0 Å². The number of carboxylic acid groups (broad SMARTS) is 1. The number of guanidine groups is 1. The molecule has 0 bridgehead atoms. The Kier molecular flexibility index (Phi) is 16.3. The van der Waals surface area contributed by atoms with E-state index in [1.807, 2.05) is 0 Å². The van der Waals surface area contributed by atoms with Crippen LogP contribution in [-0.2, 0) is 41.6 Å². The normalized spacial score (nSPS) is 15.1. The molecular weight excluding hydrogens is 654 g/mol. The molecule has 7 atom stereocenters. The van der Waals surface area contributed by atoms with Crippen LogP contribution >= 0.6 is 0 Å². The zero-order valence-corrected chi connectivity index (χ0v) is 28.1. The fourth-order valence-electron chi connectivity index (χ4n) is 4.56. The lowest BCUT2D eigenvalue weighted by molar-refractivity contribution is -0.143. The number of carbonyl (C=O) groups excluding carboxylic acids is 5. The minimum Gasteiger partial charge on any atom is -0.480 e. The molecule has 0 radical (unpaired) electrons. The number of imidazole rings is 1. The third-order valence-corrected chi connectivity index (χ3v) is 7.37. The maximum absolute atomic E-state index is 13.4. The zero-order valence-electron chi connectivity index (χ0n) is 28.1. The zero-order chi connectivity index (χ0) is 37.4. The number of nitrogens with zero attached hydrogens (tertiary/aromatic N) is 2. The predicted octanol–water partition coefficient (Wildman–Crippen LogP) is -3.50. The standard InChI is InChI=1S/C31H47N11O8/c1-16(39-27(46)21(32)13-20-14-35-15-37-20)25(44)38-17(2)26(45)40-22(10-7-11-36-31(33)34)28(47)42-24(18(3)43)29(48)41-23(30(49)50)12-19-8-5-4-6-9-19/h4-6,8-9,14-18,21-24,43H,7,10-13,32H2,1-3H3,(H,35,37)(H,38,44)(H,39,46)(H,40,45)(H,41,48)(H,42,47)(H,49,50)(H4,33,34,36)/t16-,17-,18+,21-,22-,23-,24-/m0/s1. The van der Waals surface area contributed by atoms with Crippen LogP contribution in [0.1, 0.15) is 44.9 Å². The highest BCUT2D eigenvalue weighted by atomic mass is 16.4. The van der Waals surface area contributed by atoms with Crippen molar-refractivity contribution in [3.8, 4) is 0 Å². The molecule has 1 aromatic heterocycles. The van der Waals surface area contributed by atoms with E-state index in [1.54, 1.807) is 30.3 Å². The second-order valence-corrected chi connectivity index (χ2v) is 11.7. The summed E-state index contributed by atoms with van der Waals surface area (Å²) in [6.07, 6.45) is 1.74. The molecule has 0 fully saturated rings. The van der Waals surface area contributed by atoms with Gasteiger partial charge in [0.1, 0.15) is 30.2 Å². The number of carboxylic acids is 1. The summed E-state index contributed by atoms with van der Waals surface area (Å²) in [6.45, 7) is 4.07. The van der Waals surface area contributed by atoms with Gasteiger partial charge in [0.05, 0.1) is 18.5 Å². The van der Waals surface area contributed by atoms with Crippen LogP contribution in [0.15, 0.2) is 47.8 Å². The molecule has 2 rings (SSSR count). The van der Waals surface area contributed by atoms with Crippen molar-refractivity contribution in [2.45, 2.75) is 88.8 Å². The number of hydrogen-bond donors (Lipinski definition) is 11. The van der Waals surface area contributed by atoms with Gasteiger partial charge in [0.2, 0.25) is 29.5 Å². The summed E-state index contributed by atoms with van der Waals surface area (Å²) in [6, 6.07) is 1.02. The first-order valence-corrected chi connectivity index (χ1v) is 15.8. The average molecular weight is 702 g/mol. The number of aromatic nitrogens is 2. The summed E-state index contributed by atoms with van der Waals surface area (Å²) in [5.74, 6) is -5.48. The molecular formula is C31H47N11O8. The van der Waals surface area contributed by atoms with Gasteiger partial charge in [-0.25, -0.2) is 9.78 Å². The monoisotopic (exact) mass is 701 g/mol. The first kappa shape index (κ1) is 40.6. The molecule has 19 nitrogen and oxygen atoms in total. The maximum atomic E-state index is 13.4. The Bertz CT molecular complexity index is 1470. The van der Waals surface area contributed by atoms with Crippen molar-refractivity contribution in [2.75, 3.05) is 6.54 Å². The molecule has 0 aliphatic rings. The Morgan fingerprint density at radius 3 is 1.98 bits per heavy atom. The summed E-state index contributed by atoms with van der Waals surface area (Å²) in [4.78, 5) is 87.4. The number of nitrogens with two attached hydrogens (primary N) is 3. The van der Waals surface area contributed by atoms with Gasteiger partial charge in [0.25, 0.3) is 0 Å². The summed E-state index contributed by atoms with van der Waals surface area (Å²) >= 11 is 0. The fraction of sp³-hybridized carbons (Fsp3) is 0.484.